The molecule has 2 N–H and O–H groups in total. The zero-order chi connectivity index (χ0) is 12.4. The number of rotatable bonds is 2. The molecule has 0 bridgehead atoms. The van der Waals surface area contributed by atoms with Gasteiger partial charge in [0.15, 0.2) is 5.78 Å². The molecule has 1 atom stereocenters. The molecule has 0 unspecified atom stereocenters. The Morgan fingerprint density at radius 2 is 1.87 bits per heavy atom. The minimum Gasteiger partial charge on any atom is -0.333 e. The maximum absolute atomic E-state index is 11.1. The van der Waals surface area contributed by atoms with Crippen LogP contribution in [0.25, 0.3) is 0 Å². The fraction of sp³-hybridized carbons (Fsp3) is 0.818. The minimum absolute atomic E-state index is 0.0697. The summed E-state index contributed by atoms with van der Waals surface area (Å²) in [4.78, 5) is 23.6. The highest BCUT2D eigenvalue weighted by Crippen LogP contribution is 2.13. The zero-order valence-corrected chi connectivity index (χ0v) is 10.5. The fourth-order valence-corrected chi connectivity index (χ4v) is 1.30. The largest absolute Gasteiger partial charge is 0.333 e. The molecular weight excluding hydrogens is 192 g/mol. The lowest BCUT2D eigenvalue weighted by Crippen LogP contribution is -2.38. The number of ketones is 1. The summed E-state index contributed by atoms with van der Waals surface area (Å²) < 4.78 is 0. The number of nitrogens with zero attached hydrogens (tertiary/aromatic N) is 1. The smallest absolute Gasteiger partial charge is 0.223 e. The normalized spacial score (nSPS) is 15.9. The Morgan fingerprint density at radius 1 is 1.40 bits per heavy atom. The Morgan fingerprint density at radius 3 is 2.13 bits per heavy atom. The van der Waals surface area contributed by atoms with E-state index in [4.69, 9.17) is 0 Å². The lowest BCUT2D eigenvalue weighted by Gasteiger charge is -2.21. The van der Waals surface area contributed by atoms with Crippen LogP contribution in [0.15, 0.2) is 0 Å². The van der Waals surface area contributed by atoms with Crippen LogP contribution in [0.2, 0.25) is 0 Å². The highest BCUT2D eigenvalue weighted by atomic mass is 16.2. The minimum atomic E-state index is -0.218. The maximum Gasteiger partial charge on any atom is 0.223 e. The third-order valence-electron chi connectivity index (χ3n) is 2.17. The first-order valence-corrected chi connectivity index (χ1v) is 5.50. The van der Waals surface area contributed by atoms with Gasteiger partial charge in [0, 0.05) is 13.0 Å². The van der Waals surface area contributed by atoms with E-state index in [9.17, 15) is 9.59 Å². The third kappa shape index (κ3) is 5.52. The molecular formula is C11H24N2O2. The molecule has 0 radical (unpaired) electrons. The van der Waals surface area contributed by atoms with Gasteiger partial charge in [-0.2, -0.15) is 0 Å². The lowest BCUT2D eigenvalue weighted by atomic mass is 10.2. The highest BCUT2D eigenvalue weighted by Gasteiger charge is 2.26. The number of amides is 1. The van der Waals surface area contributed by atoms with Crippen molar-refractivity contribution in [2.24, 2.45) is 5.73 Å². The van der Waals surface area contributed by atoms with Crippen LogP contribution in [0.1, 0.15) is 40.5 Å². The van der Waals surface area contributed by atoms with Gasteiger partial charge in [0.2, 0.25) is 5.91 Å². The molecule has 1 aliphatic rings. The van der Waals surface area contributed by atoms with Gasteiger partial charge in [0.05, 0.1) is 6.04 Å². The van der Waals surface area contributed by atoms with Crippen LogP contribution in [-0.4, -0.2) is 36.2 Å². The molecule has 0 spiro atoms. The van der Waals surface area contributed by atoms with E-state index in [0.717, 1.165) is 13.0 Å². The number of likely N-dealkylation sites (tertiary alicyclic amines) is 1. The molecule has 4 nitrogen and oxygen atoms in total. The maximum atomic E-state index is 11.1. The quantitative estimate of drug-likeness (QED) is 0.754. The van der Waals surface area contributed by atoms with Gasteiger partial charge in [-0.1, -0.05) is 13.8 Å². The molecule has 15 heavy (non-hydrogen) atoms. The van der Waals surface area contributed by atoms with Crippen molar-refractivity contribution in [2.45, 2.75) is 46.6 Å². The first-order chi connectivity index (χ1) is 7.13. The van der Waals surface area contributed by atoms with Crippen LogP contribution in [0.3, 0.4) is 0 Å². The Hall–Kier alpha value is -0.900. The van der Waals surface area contributed by atoms with E-state index in [1.54, 1.807) is 11.8 Å². The first-order valence-electron chi connectivity index (χ1n) is 5.50. The van der Waals surface area contributed by atoms with Gasteiger partial charge in [-0.05, 0) is 27.3 Å². The molecule has 4 heteroatoms. The van der Waals surface area contributed by atoms with Crippen LogP contribution in [0.5, 0.6) is 0 Å². The van der Waals surface area contributed by atoms with Gasteiger partial charge >= 0.3 is 0 Å². The molecule has 1 aliphatic heterocycles. The van der Waals surface area contributed by atoms with E-state index in [0.29, 0.717) is 6.42 Å². The Labute approximate surface area is 92.8 Å². The van der Waals surface area contributed by atoms with Crippen LogP contribution >= 0.6 is 0 Å². The predicted octanol–water partition coefficient (Wildman–Crippen LogP) is 1.19. The Balaban J connectivity index is 0. The van der Waals surface area contributed by atoms with Crippen LogP contribution < -0.4 is 5.73 Å². The second-order valence-corrected chi connectivity index (χ2v) is 2.98. The molecule has 0 aromatic heterocycles. The summed E-state index contributed by atoms with van der Waals surface area (Å²) in [6.07, 6.45) is 1.51. The van der Waals surface area contributed by atoms with E-state index >= 15 is 0 Å². The van der Waals surface area contributed by atoms with Gasteiger partial charge < -0.3 is 10.6 Å². The first kappa shape index (κ1) is 16.5. The monoisotopic (exact) mass is 216 g/mol. The van der Waals surface area contributed by atoms with Crippen LogP contribution in [0.4, 0.5) is 0 Å². The molecule has 1 rings (SSSR count). The van der Waals surface area contributed by atoms with Gasteiger partial charge in [-0.3, -0.25) is 9.59 Å². The summed E-state index contributed by atoms with van der Waals surface area (Å²) >= 11 is 0. The van der Waals surface area contributed by atoms with E-state index in [-0.39, 0.29) is 17.7 Å². The number of carbonyl (C=O) groups is 2. The fourth-order valence-electron chi connectivity index (χ4n) is 1.30. The second kappa shape index (κ2) is 9.65. The van der Waals surface area contributed by atoms with E-state index in [1.165, 1.54) is 14.0 Å². The standard InChI is InChI=1S/C8H13NO2.C2H6.CH5N/c1-6(7(2)10)9-5-3-4-8(9)11;2*1-2/h6H,3-5H2,1-2H3;1-2H3;2H2,1H3/t6-;;/m0../s1. The van der Waals surface area contributed by atoms with Crippen LogP contribution in [-0.2, 0) is 9.59 Å². The van der Waals surface area contributed by atoms with Gasteiger partial charge in [-0.25, -0.2) is 0 Å². The van der Waals surface area contributed by atoms with Crippen molar-refractivity contribution in [1.29, 1.82) is 0 Å². The Kier molecular flexibility index (Phi) is 10.6. The summed E-state index contributed by atoms with van der Waals surface area (Å²) in [5.41, 5.74) is 4.50. The lowest BCUT2D eigenvalue weighted by molar-refractivity contribution is -0.135. The van der Waals surface area contributed by atoms with E-state index in [1.807, 2.05) is 13.8 Å². The molecule has 0 aromatic rings. The number of nitrogens with two attached hydrogens (primary N) is 1. The molecule has 0 aromatic carbocycles. The molecule has 90 valence electrons. The topological polar surface area (TPSA) is 63.4 Å². The van der Waals surface area contributed by atoms with Crippen molar-refractivity contribution in [1.82, 2.24) is 4.90 Å². The summed E-state index contributed by atoms with van der Waals surface area (Å²) in [6.45, 7) is 8.06. The number of Topliss-reactive ketones (excluding diaryl/α,β-unsaturated/α-hetero) is 1. The number of hydrogen-bond acceptors (Lipinski definition) is 3. The molecule has 0 aliphatic carbocycles. The van der Waals surface area contributed by atoms with Crippen molar-refractivity contribution < 1.29 is 9.59 Å². The SMILES string of the molecule is CC.CC(=O)[C@H](C)N1CCCC1=O.CN. The highest BCUT2D eigenvalue weighted by molar-refractivity contribution is 5.88. The number of hydrogen-bond donors (Lipinski definition) is 1. The average molecular weight is 216 g/mol. The van der Waals surface area contributed by atoms with Crippen molar-refractivity contribution in [3.8, 4) is 0 Å². The third-order valence-corrected chi connectivity index (χ3v) is 2.17. The molecule has 1 heterocycles. The molecule has 0 saturated carbocycles. The van der Waals surface area contributed by atoms with E-state index < -0.39 is 0 Å². The summed E-state index contributed by atoms with van der Waals surface area (Å²) in [7, 11) is 1.50. The summed E-state index contributed by atoms with van der Waals surface area (Å²) in [6, 6.07) is -0.218. The molecule has 1 saturated heterocycles. The molecule has 1 fully saturated rings. The predicted molar refractivity (Wildman–Crippen MR) is 62.5 cm³/mol. The summed E-state index contributed by atoms with van der Waals surface area (Å²) in [5.74, 6) is 0.188. The van der Waals surface area contributed by atoms with Crippen molar-refractivity contribution in [2.75, 3.05) is 13.6 Å². The van der Waals surface area contributed by atoms with Crippen molar-refractivity contribution >= 4 is 11.7 Å². The number of carbonyl (C=O) groups excluding carboxylic acids is 2. The average Bonchev–Trinajstić information content (AvgIpc) is 2.69. The molecule has 1 amide bonds. The van der Waals surface area contributed by atoms with Crippen molar-refractivity contribution in [3.63, 3.8) is 0 Å². The Bertz CT molecular complexity index is 193. The zero-order valence-electron chi connectivity index (χ0n) is 10.5. The van der Waals surface area contributed by atoms with E-state index in [2.05, 4.69) is 5.73 Å². The summed E-state index contributed by atoms with van der Waals surface area (Å²) in [5, 5.41) is 0. The van der Waals surface area contributed by atoms with Gasteiger partial charge in [-0.15, -0.1) is 0 Å². The second-order valence-electron chi connectivity index (χ2n) is 2.98. The van der Waals surface area contributed by atoms with Gasteiger partial charge in [0.1, 0.15) is 0 Å². The van der Waals surface area contributed by atoms with Gasteiger partial charge in [0.25, 0.3) is 0 Å². The van der Waals surface area contributed by atoms with Crippen LogP contribution in [0, 0.1) is 0 Å². The van der Waals surface area contributed by atoms with Crippen molar-refractivity contribution in [3.05, 3.63) is 0 Å².